The van der Waals surface area contributed by atoms with Crippen molar-refractivity contribution in [3.63, 3.8) is 0 Å². The summed E-state index contributed by atoms with van der Waals surface area (Å²) in [5.74, 6) is 0.0187. The molecule has 1 aliphatic heterocycles. The van der Waals surface area contributed by atoms with Gasteiger partial charge in [0, 0.05) is 43.5 Å². The molecule has 1 aliphatic carbocycles. The number of amides is 1. The zero-order valence-corrected chi connectivity index (χ0v) is 14.4. The van der Waals surface area contributed by atoms with Crippen molar-refractivity contribution >= 4 is 23.2 Å². The quantitative estimate of drug-likeness (QED) is 0.844. The van der Waals surface area contributed by atoms with E-state index in [1.807, 2.05) is 6.07 Å². The first-order valence-electron chi connectivity index (χ1n) is 8.43. The molecule has 1 aromatic carbocycles. The molecule has 0 atom stereocenters. The highest BCUT2D eigenvalue weighted by atomic mass is 35.5. The topological polar surface area (TPSA) is 49.3 Å². The molecule has 1 amide bonds. The molecule has 2 fully saturated rings. The Morgan fingerprint density at radius 2 is 1.88 bits per heavy atom. The number of anilines is 1. The van der Waals surface area contributed by atoms with Crippen LogP contribution in [0.15, 0.2) is 30.6 Å². The predicted octanol–water partition coefficient (Wildman–Crippen LogP) is 3.11. The Labute approximate surface area is 150 Å². The van der Waals surface area contributed by atoms with Gasteiger partial charge in [0.05, 0.1) is 5.02 Å². The summed E-state index contributed by atoms with van der Waals surface area (Å²) in [6, 6.07) is 6.54. The lowest BCUT2D eigenvalue weighted by Gasteiger charge is -2.36. The molecule has 1 aromatic heterocycles. The molecule has 2 heterocycles. The Kier molecular flexibility index (Phi) is 4.29. The summed E-state index contributed by atoms with van der Waals surface area (Å²) in [7, 11) is 0. The zero-order chi connectivity index (χ0) is 17.4. The number of hydrogen-bond donors (Lipinski definition) is 0. The van der Waals surface area contributed by atoms with Crippen LogP contribution in [0.25, 0.3) is 0 Å². The number of rotatable bonds is 3. The largest absolute Gasteiger partial charge is 0.368 e. The van der Waals surface area contributed by atoms with E-state index in [1.165, 1.54) is 12.4 Å². The van der Waals surface area contributed by atoms with E-state index in [4.69, 9.17) is 11.6 Å². The average Bonchev–Trinajstić information content (AvgIpc) is 3.49. The van der Waals surface area contributed by atoms with Gasteiger partial charge >= 0.3 is 0 Å². The minimum atomic E-state index is -0.422. The number of benzene rings is 1. The van der Waals surface area contributed by atoms with Crippen LogP contribution in [0.5, 0.6) is 0 Å². The fourth-order valence-corrected chi connectivity index (χ4v) is 3.28. The zero-order valence-electron chi connectivity index (χ0n) is 13.7. The molecule has 130 valence electrons. The third-order valence-corrected chi connectivity index (χ3v) is 5.03. The van der Waals surface area contributed by atoms with Gasteiger partial charge in [-0.1, -0.05) is 11.6 Å². The lowest BCUT2D eigenvalue weighted by Crippen LogP contribution is -2.49. The molecular weight excluding hydrogens is 343 g/mol. The molecular formula is C18H18ClFN4O. The van der Waals surface area contributed by atoms with E-state index in [-0.39, 0.29) is 10.9 Å². The first-order chi connectivity index (χ1) is 12.1. The molecule has 4 rings (SSSR count). The summed E-state index contributed by atoms with van der Waals surface area (Å²) in [4.78, 5) is 25.0. The maximum atomic E-state index is 13.3. The summed E-state index contributed by atoms with van der Waals surface area (Å²) in [6.07, 6.45) is 3.77. The van der Waals surface area contributed by atoms with Gasteiger partial charge in [-0.3, -0.25) is 4.79 Å². The van der Waals surface area contributed by atoms with Crippen molar-refractivity contribution in [1.29, 1.82) is 0 Å². The molecule has 0 spiro atoms. The highest BCUT2D eigenvalue weighted by Crippen LogP contribution is 2.38. The van der Waals surface area contributed by atoms with Gasteiger partial charge < -0.3 is 9.80 Å². The van der Waals surface area contributed by atoms with Gasteiger partial charge in [-0.25, -0.2) is 14.4 Å². The van der Waals surface area contributed by atoms with Crippen LogP contribution < -0.4 is 4.90 Å². The molecule has 25 heavy (non-hydrogen) atoms. The van der Waals surface area contributed by atoms with Crippen LogP contribution in [-0.2, 0) is 0 Å². The van der Waals surface area contributed by atoms with Crippen molar-refractivity contribution in [3.05, 3.63) is 52.8 Å². The third kappa shape index (κ3) is 3.44. The minimum absolute atomic E-state index is 0.0545. The van der Waals surface area contributed by atoms with E-state index in [1.54, 1.807) is 17.0 Å². The molecule has 1 saturated heterocycles. The normalized spacial score (nSPS) is 17.7. The second kappa shape index (κ2) is 6.59. The van der Waals surface area contributed by atoms with Gasteiger partial charge in [-0.2, -0.15) is 0 Å². The molecule has 5 nitrogen and oxygen atoms in total. The Balaban J connectivity index is 1.41. The van der Waals surface area contributed by atoms with Crippen molar-refractivity contribution in [3.8, 4) is 0 Å². The molecule has 0 N–H and O–H groups in total. The number of hydrogen-bond acceptors (Lipinski definition) is 4. The number of carbonyl (C=O) groups is 1. The number of halogens is 2. The predicted molar refractivity (Wildman–Crippen MR) is 93.5 cm³/mol. The Hall–Kier alpha value is -2.21. The maximum absolute atomic E-state index is 13.3. The van der Waals surface area contributed by atoms with Crippen molar-refractivity contribution in [2.45, 2.75) is 18.8 Å². The van der Waals surface area contributed by atoms with Crippen LogP contribution in [0.1, 0.15) is 34.9 Å². The van der Waals surface area contributed by atoms with Crippen LogP contribution in [0.2, 0.25) is 5.02 Å². The van der Waals surface area contributed by atoms with Gasteiger partial charge in [0.1, 0.15) is 17.8 Å². The Bertz CT molecular complexity index is 803. The summed E-state index contributed by atoms with van der Waals surface area (Å²) < 4.78 is 13.3. The molecule has 0 unspecified atom stereocenters. The monoisotopic (exact) mass is 360 g/mol. The van der Waals surface area contributed by atoms with E-state index in [2.05, 4.69) is 14.9 Å². The average molecular weight is 361 g/mol. The fourth-order valence-electron chi connectivity index (χ4n) is 3.10. The minimum Gasteiger partial charge on any atom is -0.368 e. The molecule has 0 bridgehead atoms. The number of carbonyl (C=O) groups excluding carboxylic acids is 1. The molecule has 2 aromatic rings. The van der Waals surface area contributed by atoms with Crippen molar-refractivity contribution in [2.24, 2.45) is 0 Å². The highest BCUT2D eigenvalue weighted by molar-refractivity contribution is 6.31. The lowest BCUT2D eigenvalue weighted by atomic mass is 10.2. The van der Waals surface area contributed by atoms with Gasteiger partial charge in [0.2, 0.25) is 0 Å². The van der Waals surface area contributed by atoms with E-state index in [9.17, 15) is 9.18 Å². The van der Waals surface area contributed by atoms with E-state index in [0.717, 1.165) is 24.2 Å². The first kappa shape index (κ1) is 16.3. The van der Waals surface area contributed by atoms with Gasteiger partial charge in [-0.15, -0.1) is 0 Å². The van der Waals surface area contributed by atoms with Gasteiger partial charge in [-0.05, 0) is 37.1 Å². The van der Waals surface area contributed by atoms with Gasteiger partial charge in [0.25, 0.3) is 5.91 Å². The van der Waals surface area contributed by atoms with E-state index >= 15 is 0 Å². The molecule has 1 saturated carbocycles. The highest BCUT2D eigenvalue weighted by Gasteiger charge is 2.28. The van der Waals surface area contributed by atoms with E-state index < -0.39 is 5.82 Å². The second-order valence-electron chi connectivity index (χ2n) is 6.48. The fraction of sp³-hybridized carbons (Fsp3) is 0.389. The van der Waals surface area contributed by atoms with Crippen LogP contribution in [0.4, 0.5) is 10.1 Å². The maximum Gasteiger partial charge on any atom is 0.272 e. The molecule has 0 radical (unpaired) electrons. The van der Waals surface area contributed by atoms with Crippen LogP contribution in [0.3, 0.4) is 0 Å². The van der Waals surface area contributed by atoms with E-state index in [0.29, 0.717) is 37.8 Å². The van der Waals surface area contributed by atoms with Crippen molar-refractivity contribution in [2.75, 3.05) is 31.1 Å². The number of piperazine rings is 1. The number of nitrogens with zero attached hydrogens (tertiary/aromatic N) is 4. The lowest BCUT2D eigenvalue weighted by molar-refractivity contribution is 0.0740. The third-order valence-electron chi connectivity index (χ3n) is 4.74. The van der Waals surface area contributed by atoms with Crippen LogP contribution in [-0.4, -0.2) is 47.0 Å². The molecule has 2 aliphatic rings. The standard InChI is InChI=1S/C18H18ClFN4O/c19-14-9-13(3-4-15(14)20)23-5-7-24(8-6-23)18(25)17-10-16(12-1-2-12)21-11-22-17/h3-4,9-12H,1-2,5-8H2. The molecule has 7 heteroatoms. The number of aromatic nitrogens is 2. The summed E-state index contributed by atoms with van der Waals surface area (Å²) in [5, 5.41) is 0.115. The SMILES string of the molecule is O=C(c1cc(C2CC2)ncn1)N1CCN(c2ccc(F)c(Cl)c2)CC1. The Morgan fingerprint density at radius 3 is 2.56 bits per heavy atom. The second-order valence-corrected chi connectivity index (χ2v) is 6.89. The van der Waals surface area contributed by atoms with Crippen LogP contribution >= 0.6 is 11.6 Å². The summed E-state index contributed by atoms with van der Waals surface area (Å²) in [6.45, 7) is 2.54. The van der Waals surface area contributed by atoms with Crippen molar-refractivity contribution in [1.82, 2.24) is 14.9 Å². The van der Waals surface area contributed by atoms with Gasteiger partial charge in [0.15, 0.2) is 0 Å². The summed E-state index contributed by atoms with van der Waals surface area (Å²) in [5.41, 5.74) is 2.31. The smallest absolute Gasteiger partial charge is 0.272 e. The Morgan fingerprint density at radius 1 is 1.12 bits per heavy atom. The van der Waals surface area contributed by atoms with Crippen molar-refractivity contribution < 1.29 is 9.18 Å². The summed E-state index contributed by atoms with van der Waals surface area (Å²) >= 11 is 5.86. The first-order valence-corrected chi connectivity index (χ1v) is 8.81. The van der Waals surface area contributed by atoms with Crippen LogP contribution in [0, 0.1) is 5.82 Å².